The Morgan fingerprint density at radius 1 is 1.04 bits per heavy atom. The molecule has 0 amide bonds. The molecule has 0 aliphatic carbocycles. The predicted molar refractivity (Wildman–Crippen MR) is 111 cm³/mol. The highest BCUT2D eigenvalue weighted by molar-refractivity contribution is 5.89. The third-order valence-electron chi connectivity index (χ3n) is 4.44. The van der Waals surface area contributed by atoms with Crippen LogP contribution in [0.15, 0.2) is 47.5 Å². The lowest BCUT2D eigenvalue weighted by molar-refractivity contribution is 0.0697. The number of carbonyl (C=O) groups is 1. The highest BCUT2D eigenvalue weighted by atomic mass is 19.1. The summed E-state index contributed by atoms with van der Waals surface area (Å²) in [5.74, 6) is -1.16. The molecule has 2 aromatic carbocycles. The van der Waals surface area contributed by atoms with Gasteiger partial charge in [0, 0.05) is 12.3 Å². The molecule has 0 atom stereocenters. The summed E-state index contributed by atoms with van der Waals surface area (Å²) < 4.78 is 19.7. The Morgan fingerprint density at radius 2 is 1.71 bits per heavy atom. The molecule has 1 N–H and O–H groups in total. The van der Waals surface area contributed by atoms with Crippen LogP contribution in [0.4, 0.5) is 10.1 Å². The number of halogens is 1. The maximum Gasteiger partial charge on any atom is 0.335 e. The Hall–Kier alpha value is -2.69. The van der Waals surface area contributed by atoms with E-state index in [9.17, 15) is 9.18 Å². The van der Waals surface area contributed by atoms with E-state index in [0.29, 0.717) is 12.3 Å². The number of unbranched alkanes of at least 4 members (excludes halogenated alkanes) is 6. The van der Waals surface area contributed by atoms with Crippen LogP contribution in [0.1, 0.15) is 67.8 Å². The van der Waals surface area contributed by atoms with Gasteiger partial charge in [0.1, 0.15) is 0 Å². The van der Waals surface area contributed by atoms with Crippen molar-refractivity contribution < 1.29 is 19.0 Å². The van der Waals surface area contributed by atoms with Crippen LogP contribution in [-0.4, -0.2) is 23.9 Å². The highest BCUT2D eigenvalue weighted by Crippen LogP contribution is 2.23. The predicted octanol–water partition coefficient (Wildman–Crippen LogP) is 6.40. The first-order valence-corrected chi connectivity index (χ1v) is 9.90. The van der Waals surface area contributed by atoms with Gasteiger partial charge >= 0.3 is 5.97 Å². The van der Waals surface area contributed by atoms with E-state index in [2.05, 4.69) is 11.9 Å². The first-order valence-electron chi connectivity index (χ1n) is 9.90. The van der Waals surface area contributed by atoms with Gasteiger partial charge in [0.25, 0.3) is 0 Å². The van der Waals surface area contributed by atoms with Crippen LogP contribution in [0.5, 0.6) is 5.75 Å². The van der Waals surface area contributed by atoms with Crippen molar-refractivity contribution in [1.29, 1.82) is 0 Å². The van der Waals surface area contributed by atoms with E-state index < -0.39 is 11.8 Å². The summed E-state index contributed by atoms with van der Waals surface area (Å²) in [5.41, 5.74) is 1.43. The summed E-state index contributed by atoms with van der Waals surface area (Å²) in [5, 5.41) is 8.89. The van der Waals surface area contributed by atoms with Crippen molar-refractivity contribution in [3.8, 4) is 5.75 Å². The summed E-state index contributed by atoms with van der Waals surface area (Å²) in [6.07, 6.45) is 9.90. The minimum absolute atomic E-state index is 0.214. The smallest absolute Gasteiger partial charge is 0.335 e. The van der Waals surface area contributed by atoms with Gasteiger partial charge in [0.2, 0.25) is 0 Å². The summed E-state index contributed by atoms with van der Waals surface area (Å²) in [6, 6.07) is 11.0. The second-order valence-corrected chi connectivity index (χ2v) is 6.77. The van der Waals surface area contributed by atoms with Crippen LogP contribution in [0, 0.1) is 5.82 Å². The molecular weight excluding hydrogens is 357 g/mol. The number of aliphatic imine (C=N–C) groups is 1. The first kappa shape index (κ1) is 21.6. The lowest BCUT2D eigenvalue weighted by atomic mass is 10.1. The van der Waals surface area contributed by atoms with E-state index >= 15 is 0 Å². The van der Waals surface area contributed by atoms with Crippen LogP contribution >= 0.6 is 0 Å². The number of rotatable bonds is 12. The van der Waals surface area contributed by atoms with E-state index in [4.69, 9.17) is 9.84 Å². The monoisotopic (exact) mass is 385 g/mol. The minimum atomic E-state index is -0.974. The molecule has 150 valence electrons. The molecule has 0 saturated heterocycles. The van der Waals surface area contributed by atoms with Gasteiger partial charge in [-0.15, -0.1) is 0 Å². The topological polar surface area (TPSA) is 58.9 Å². The van der Waals surface area contributed by atoms with Gasteiger partial charge in [-0.25, -0.2) is 9.18 Å². The number of carboxylic acids is 1. The zero-order valence-corrected chi connectivity index (χ0v) is 16.4. The largest absolute Gasteiger partial charge is 0.491 e. The average Bonchev–Trinajstić information content (AvgIpc) is 2.70. The quantitative estimate of drug-likeness (QED) is 0.339. The molecule has 28 heavy (non-hydrogen) atoms. The van der Waals surface area contributed by atoms with Crippen LogP contribution in [-0.2, 0) is 0 Å². The number of benzene rings is 2. The molecule has 0 saturated carbocycles. The fourth-order valence-electron chi connectivity index (χ4n) is 2.79. The molecule has 0 fully saturated rings. The van der Waals surface area contributed by atoms with Crippen molar-refractivity contribution in [2.45, 2.75) is 51.9 Å². The second kappa shape index (κ2) is 11.9. The van der Waals surface area contributed by atoms with Crippen molar-refractivity contribution in [3.05, 3.63) is 59.4 Å². The van der Waals surface area contributed by atoms with E-state index in [1.165, 1.54) is 50.3 Å². The molecule has 2 aromatic rings. The van der Waals surface area contributed by atoms with Gasteiger partial charge in [-0.2, -0.15) is 0 Å². The van der Waals surface area contributed by atoms with Gasteiger partial charge in [0.15, 0.2) is 11.6 Å². The first-order chi connectivity index (χ1) is 13.6. The standard InChI is InChI=1S/C23H28FNO3/c1-2-3-4-5-6-7-8-15-28-22-14-13-20(16-21(22)24)25-17-18-9-11-19(12-10-18)23(26)27/h9-14,16-17H,2-8,15H2,1H3,(H,26,27). The summed E-state index contributed by atoms with van der Waals surface area (Å²) in [7, 11) is 0. The van der Waals surface area contributed by atoms with Crippen molar-refractivity contribution in [2.75, 3.05) is 6.61 Å². The number of nitrogens with zero attached hydrogens (tertiary/aromatic N) is 1. The molecule has 4 nitrogen and oxygen atoms in total. The maximum absolute atomic E-state index is 14.2. The summed E-state index contributed by atoms with van der Waals surface area (Å²) in [6.45, 7) is 2.72. The zero-order valence-electron chi connectivity index (χ0n) is 16.4. The molecular formula is C23H28FNO3. The third-order valence-corrected chi connectivity index (χ3v) is 4.44. The normalized spacial score (nSPS) is 11.1. The second-order valence-electron chi connectivity index (χ2n) is 6.77. The molecule has 2 rings (SSSR count). The fourth-order valence-corrected chi connectivity index (χ4v) is 2.79. The molecule has 0 bridgehead atoms. The van der Waals surface area contributed by atoms with Crippen LogP contribution in [0.2, 0.25) is 0 Å². The summed E-state index contributed by atoms with van der Waals surface area (Å²) in [4.78, 5) is 15.1. The van der Waals surface area contributed by atoms with Gasteiger partial charge in [-0.05, 0) is 36.2 Å². The zero-order chi connectivity index (χ0) is 20.2. The van der Waals surface area contributed by atoms with Gasteiger partial charge in [-0.3, -0.25) is 4.99 Å². The SMILES string of the molecule is CCCCCCCCCOc1ccc(N=Cc2ccc(C(=O)O)cc2)cc1F. The van der Waals surface area contributed by atoms with Gasteiger partial charge in [0.05, 0.1) is 17.9 Å². The van der Waals surface area contributed by atoms with Gasteiger partial charge in [-0.1, -0.05) is 57.6 Å². The number of carboxylic acid groups (broad SMARTS) is 1. The van der Waals surface area contributed by atoms with E-state index in [1.807, 2.05) is 0 Å². The Balaban J connectivity index is 1.79. The van der Waals surface area contributed by atoms with E-state index in [0.717, 1.165) is 18.4 Å². The molecule has 0 unspecified atom stereocenters. The maximum atomic E-state index is 14.2. The van der Waals surface area contributed by atoms with Crippen LogP contribution in [0.25, 0.3) is 0 Å². The van der Waals surface area contributed by atoms with Crippen LogP contribution in [0.3, 0.4) is 0 Å². The van der Waals surface area contributed by atoms with Crippen molar-refractivity contribution >= 4 is 17.9 Å². The van der Waals surface area contributed by atoms with Crippen molar-refractivity contribution in [2.24, 2.45) is 4.99 Å². The minimum Gasteiger partial charge on any atom is -0.491 e. The highest BCUT2D eigenvalue weighted by Gasteiger charge is 2.05. The number of hydrogen-bond donors (Lipinski definition) is 1. The Labute approximate surface area is 166 Å². The van der Waals surface area contributed by atoms with E-state index in [-0.39, 0.29) is 11.3 Å². The number of aromatic carboxylic acids is 1. The lowest BCUT2D eigenvalue weighted by Gasteiger charge is -2.07. The third kappa shape index (κ3) is 7.51. The fraction of sp³-hybridized carbons (Fsp3) is 0.391. The molecule has 0 aromatic heterocycles. The molecule has 0 aliphatic heterocycles. The molecule has 0 aliphatic rings. The molecule has 0 spiro atoms. The Morgan fingerprint density at radius 3 is 2.36 bits per heavy atom. The van der Waals surface area contributed by atoms with Crippen molar-refractivity contribution in [3.63, 3.8) is 0 Å². The molecule has 5 heteroatoms. The molecule has 0 radical (unpaired) electrons. The van der Waals surface area contributed by atoms with Gasteiger partial charge < -0.3 is 9.84 Å². The van der Waals surface area contributed by atoms with E-state index in [1.54, 1.807) is 30.5 Å². The number of hydrogen-bond acceptors (Lipinski definition) is 3. The van der Waals surface area contributed by atoms with Crippen molar-refractivity contribution in [1.82, 2.24) is 0 Å². The average molecular weight is 385 g/mol. The number of ether oxygens (including phenoxy) is 1. The Kier molecular flexibility index (Phi) is 9.19. The van der Waals surface area contributed by atoms with Crippen LogP contribution < -0.4 is 4.74 Å². The molecule has 0 heterocycles. The summed E-state index contributed by atoms with van der Waals surface area (Å²) >= 11 is 0. The lowest BCUT2D eigenvalue weighted by Crippen LogP contribution is -1.99. The Bertz CT molecular complexity index is 772.